The number of aryl methyl sites for hydroxylation is 1. The molecule has 6 nitrogen and oxygen atoms in total. The molecule has 0 amide bonds. The van der Waals surface area contributed by atoms with Crippen LogP contribution in [0.3, 0.4) is 0 Å². The minimum atomic E-state index is -3.45. The van der Waals surface area contributed by atoms with Gasteiger partial charge in [-0.05, 0) is 33.6 Å². The fraction of sp³-hybridized carbons (Fsp3) is 0.786. The van der Waals surface area contributed by atoms with E-state index in [0.717, 1.165) is 19.3 Å². The Kier molecular flexibility index (Phi) is 4.75. The molecule has 1 fully saturated rings. The predicted molar refractivity (Wildman–Crippen MR) is 82.5 cm³/mol. The number of rotatable bonds is 4. The molecule has 1 aromatic rings. The highest BCUT2D eigenvalue weighted by Gasteiger charge is 2.34. The number of hydrogen-bond acceptors (Lipinski definition) is 4. The van der Waals surface area contributed by atoms with E-state index >= 15 is 0 Å². The molecule has 7 heteroatoms. The summed E-state index contributed by atoms with van der Waals surface area (Å²) in [7, 11) is -1.72. The predicted octanol–water partition coefficient (Wildman–Crippen LogP) is 1.35. The van der Waals surface area contributed by atoms with Crippen LogP contribution >= 0.6 is 0 Å². The summed E-state index contributed by atoms with van der Waals surface area (Å²) in [5.41, 5.74) is -0.0127. The third-order valence-corrected chi connectivity index (χ3v) is 5.63. The van der Waals surface area contributed by atoms with Gasteiger partial charge in [-0.3, -0.25) is 4.68 Å². The van der Waals surface area contributed by atoms with Gasteiger partial charge in [-0.15, -0.1) is 0 Å². The van der Waals surface area contributed by atoms with Gasteiger partial charge < -0.3 is 5.32 Å². The van der Waals surface area contributed by atoms with Crippen LogP contribution in [0.4, 0.5) is 0 Å². The van der Waals surface area contributed by atoms with Gasteiger partial charge in [0, 0.05) is 37.9 Å². The number of nitrogens with zero attached hydrogens (tertiary/aromatic N) is 3. The molecule has 2 heterocycles. The molecule has 120 valence electrons. The Bertz CT molecular complexity index is 574. The molecule has 0 saturated carbocycles. The van der Waals surface area contributed by atoms with Gasteiger partial charge in [-0.1, -0.05) is 6.42 Å². The van der Waals surface area contributed by atoms with Crippen LogP contribution in [0.1, 0.15) is 40.0 Å². The van der Waals surface area contributed by atoms with Crippen LogP contribution in [0.5, 0.6) is 0 Å². The van der Waals surface area contributed by atoms with Gasteiger partial charge in [0.2, 0.25) is 10.0 Å². The molecule has 1 N–H and O–H groups in total. The maximum absolute atomic E-state index is 12.8. The normalized spacial score (nSPS) is 21.6. The van der Waals surface area contributed by atoms with Crippen molar-refractivity contribution in [3.8, 4) is 0 Å². The van der Waals surface area contributed by atoms with Gasteiger partial charge in [0.1, 0.15) is 4.90 Å². The van der Waals surface area contributed by atoms with E-state index in [0.29, 0.717) is 13.1 Å². The average Bonchev–Trinajstić information content (AvgIpc) is 2.83. The van der Waals surface area contributed by atoms with E-state index in [1.807, 2.05) is 0 Å². The molecule has 1 unspecified atom stereocenters. The van der Waals surface area contributed by atoms with Gasteiger partial charge in [0.05, 0.1) is 6.20 Å². The van der Waals surface area contributed by atoms with E-state index in [9.17, 15) is 8.42 Å². The first-order chi connectivity index (χ1) is 9.70. The number of sulfonamides is 1. The Morgan fingerprint density at radius 2 is 2.10 bits per heavy atom. The minimum Gasteiger partial charge on any atom is -0.310 e. The molecule has 1 atom stereocenters. The molecule has 1 aliphatic heterocycles. The molecular formula is C14H26N4O2S. The van der Waals surface area contributed by atoms with Crippen molar-refractivity contribution in [1.29, 1.82) is 0 Å². The summed E-state index contributed by atoms with van der Waals surface area (Å²) in [5.74, 6) is 0. The lowest BCUT2D eigenvalue weighted by Gasteiger charge is -2.36. The number of hydrogen-bond donors (Lipinski definition) is 1. The summed E-state index contributed by atoms with van der Waals surface area (Å²) >= 11 is 0. The van der Waals surface area contributed by atoms with Crippen LogP contribution in [-0.4, -0.2) is 47.2 Å². The monoisotopic (exact) mass is 314 g/mol. The maximum Gasteiger partial charge on any atom is 0.246 e. The van der Waals surface area contributed by atoms with Crippen molar-refractivity contribution < 1.29 is 8.42 Å². The molecular weight excluding hydrogens is 288 g/mol. The van der Waals surface area contributed by atoms with Gasteiger partial charge >= 0.3 is 0 Å². The number of aromatic nitrogens is 2. The van der Waals surface area contributed by atoms with E-state index in [1.54, 1.807) is 17.5 Å². The van der Waals surface area contributed by atoms with Crippen molar-refractivity contribution in [1.82, 2.24) is 19.4 Å². The van der Waals surface area contributed by atoms with Gasteiger partial charge in [-0.2, -0.15) is 9.40 Å². The second kappa shape index (κ2) is 6.06. The van der Waals surface area contributed by atoms with Crippen LogP contribution in [0.15, 0.2) is 17.3 Å². The first kappa shape index (κ1) is 16.5. The highest BCUT2D eigenvalue weighted by atomic mass is 32.2. The molecule has 0 aliphatic carbocycles. The van der Waals surface area contributed by atoms with Crippen molar-refractivity contribution in [3.05, 3.63) is 12.4 Å². The lowest BCUT2D eigenvalue weighted by atomic mass is 10.0. The third-order valence-electron chi connectivity index (χ3n) is 3.73. The molecule has 0 aromatic carbocycles. The summed E-state index contributed by atoms with van der Waals surface area (Å²) in [4.78, 5) is 0.285. The van der Waals surface area contributed by atoms with Crippen molar-refractivity contribution >= 4 is 10.0 Å². The zero-order valence-corrected chi connectivity index (χ0v) is 14.2. The molecule has 0 spiro atoms. The van der Waals surface area contributed by atoms with E-state index in [4.69, 9.17) is 0 Å². The molecule has 2 rings (SSSR count). The van der Waals surface area contributed by atoms with Gasteiger partial charge in [0.25, 0.3) is 0 Å². The zero-order valence-electron chi connectivity index (χ0n) is 13.3. The standard InChI is InChI=1S/C14H26N4O2S/c1-14(2,3)15-9-12-7-5-6-8-18(12)21(19,20)13-10-16-17(4)11-13/h10-12,15H,5-9H2,1-4H3. The summed E-state index contributed by atoms with van der Waals surface area (Å²) < 4.78 is 28.7. The van der Waals surface area contributed by atoms with Crippen LogP contribution in [0.2, 0.25) is 0 Å². The Morgan fingerprint density at radius 1 is 1.38 bits per heavy atom. The smallest absolute Gasteiger partial charge is 0.246 e. The molecule has 1 aromatic heterocycles. The lowest BCUT2D eigenvalue weighted by Crippen LogP contribution is -2.51. The highest BCUT2D eigenvalue weighted by Crippen LogP contribution is 2.25. The van der Waals surface area contributed by atoms with Crippen molar-refractivity contribution in [2.45, 2.75) is 56.5 Å². The Hall–Kier alpha value is -0.920. The van der Waals surface area contributed by atoms with Gasteiger partial charge in [-0.25, -0.2) is 8.42 Å². The first-order valence-electron chi connectivity index (χ1n) is 7.46. The van der Waals surface area contributed by atoms with Crippen LogP contribution < -0.4 is 5.32 Å². The fourth-order valence-electron chi connectivity index (χ4n) is 2.59. The third kappa shape index (κ3) is 4.05. The van der Waals surface area contributed by atoms with E-state index in [1.165, 1.54) is 10.9 Å². The lowest BCUT2D eigenvalue weighted by molar-refractivity contribution is 0.231. The minimum absolute atomic E-state index is 0.0127. The van der Waals surface area contributed by atoms with Crippen LogP contribution in [-0.2, 0) is 17.1 Å². The van der Waals surface area contributed by atoms with E-state index in [-0.39, 0.29) is 16.5 Å². The fourth-order valence-corrected chi connectivity index (χ4v) is 4.26. The Balaban J connectivity index is 2.18. The quantitative estimate of drug-likeness (QED) is 0.911. The molecule has 0 radical (unpaired) electrons. The molecule has 1 saturated heterocycles. The van der Waals surface area contributed by atoms with Crippen LogP contribution in [0.25, 0.3) is 0 Å². The summed E-state index contributed by atoms with van der Waals surface area (Å²) in [6.07, 6.45) is 5.90. The topological polar surface area (TPSA) is 67.2 Å². The van der Waals surface area contributed by atoms with Crippen molar-refractivity contribution in [2.75, 3.05) is 13.1 Å². The Labute approximate surface area is 127 Å². The molecule has 1 aliphatic rings. The molecule has 21 heavy (non-hydrogen) atoms. The van der Waals surface area contributed by atoms with Gasteiger partial charge in [0.15, 0.2) is 0 Å². The van der Waals surface area contributed by atoms with E-state index in [2.05, 4.69) is 31.2 Å². The largest absolute Gasteiger partial charge is 0.310 e. The summed E-state index contributed by atoms with van der Waals surface area (Å²) in [5, 5.41) is 7.41. The maximum atomic E-state index is 12.8. The SMILES string of the molecule is Cn1cc(S(=O)(=O)N2CCCCC2CNC(C)(C)C)cn1. The summed E-state index contributed by atoms with van der Waals surface area (Å²) in [6.45, 7) is 7.55. The Morgan fingerprint density at radius 3 is 2.67 bits per heavy atom. The number of piperidine rings is 1. The number of nitrogens with one attached hydrogen (secondary N) is 1. The second-order valence-corrected chi connectivity index (χ2v) is 8.64. The first-order valence-corrected chi connectivity index (χ1v) is 8.90. The highest BCUT2D eigenvalue weighted by molar-refractivity contribution is 7.89. The molecule has 0 bridgehead atoms. The average molecular weight is 314 g/mol. The second-order valence-electron chi connectivity index (χ2n) is 6.75. The van der Waals surface area contributed by atoms with Crippen LogP contribution in [0, 0.1) is 0 Å². The van der Waals surface area contributed by atoms with Crippen molar-refractivity contribution in [2.24, 2.45) is 7.05 Å². The zero-order chi connectivity index (χ0) is 15.7. The van der Waals surface area contributed by atoms with E-state index < -0.39 is 10.0 Å². The summed E-state index contributed by atoms with van der Waals surface area (Å²) in [6, 6.07) is 0.0168. The van der Waals surface area contributed by atoms with Crippen molar-refractivity contribution in [3.63, 3.8) is 0 Å².